The van der Waals surface area contributed by atoms with E-state index in [4.69, 9.17) is 19.9 Å². The third-order valence-electron chi connectivity index (χ3n) is 7.58. The maximum atomic E-state index is 13.6. The smallest absolute Gasteiger partial charge is 0.242 e. The Labute approximate surface area is 250 Å². The molecule has 0 aromatic rings. The van der Waals surface area contributed by atoms with E-state index >= 15 is 0 Å². The summed E-state index contributed by atoms with van der Waals surface area (Å²) in [7, 11) is 4.48. The molecule has 1 saturated heterocycles. The van der Waals surface area contributed by atoms with Gasteiger partial charge in [-0.3, -0.25) is 19.2 Å². The van der Waals surface area contributed by atoms with Gasteiger partial charge in [-0.05, 0) is 54.4 Å². The van der Waals surface area contributed by atoms with E-state index in [2.05, 4.69) is 5.32 Å². The Morgan fingerprint density at radius 3 is 1.81 bits per heavy atom. The van der Waals surface area contributed by atoms with Crippen molar-refractivity contribution in [3.05, 3.63) is 0 Å². The Kier molecular flexibility index (Phi) is 15.3. The minimum absolute atomic E-state index is 0.0124. The van der Waals surface area contributed by atoms with Crippen LogP contribution in [0.5, 0.6) is 0 Å². The van der Waals surface area contributed by atoms with Crippen molar-refractivity contribution in [3.63, 3.8) is 0 Å². The lowest BCUT2D eigenvalue weighted by molar-refractivity contribution is -0.246. The van der Waals surface area contributed by atoms with E-state index in [-0.39, 0.29) is 64.5 Å². The molecule has 0 aromatic carbocycles. The Morgan fingerprint density at radius 2 is 1.36 bits per heavy atom. The molecule has 0 aromatic heterocycles. The lowest BCUT2D eigenvalue weighted by Gasteiger charge is -2.51. The molecule has 0 aliphatic carbocycles. The summed E-state index contributed by atoms with van der Waals surface area (Å²) in [5, 5.41) is 15.3. The first-order valence-corrected chi connectivity index (χ1v) is 14.3. The summed E-state index contributed by atoms with van der Waals surface area (Å²) in [6.07, 6.45) is 1.26. The molecule has 1 heterocycles. The Balaban J connectivity index is 3.07. The first-order valence-electron chi connectivity index (χ1n) is 14.3. The van der Waals surface area contributed by atoms with Gasteiger partial charge in [0, 0.05) is 45.0 Å². The van der Waals surface area contributed by atoms with Gasteiger partial charge in [0.05, 0.1) is 51.5 Å². The summed E-state index contributed by atoms with van der Waals surface area (Å²) >= 11 is 0. The number of nitrogens with two attached hydrogens (primary N) is 1. The van der Waals surface area contributed by atoms with Gasteiger partial charge in [0.25, 0.3) is 0 Å². The van der Waals surface area contributed by atoms with Gasteiger partial charge in [0.2, 0.25) is 23.6 Å². The van der Waals surface area contributed by atoms with Crippen LogP contribution in [0.3, 0.4) is 0 Å². The zero-order valence-corrected chi connectivity index (χ0v) is 27.0. The summed E-state index contributed by atoms with van der Waals surface area (Å²) in [4.78, 5) is 55.9. The normalized spacial score (nSPS) is 18.2. The van der Waals surface area contributed by atoms with Crippen LogP contribution in [0.2, 0.25) is 0 Å². The molecule has 1 aliphatic heterocycles. The molecule has 0 saturated carbocycles. The first-order chi connectivity index (χ1) is 19.5. The Bertz CT molecular complexity index is 884. The van der Waals surface area contributed by atoms with E-state index in [1.165, 1.54) is 41.1 Å². The number of hydrogen-bond donors (Lipinski definition) is 3. The number of carbonyl (C=O) groups is 4. The lowest BCUT2D eigenvalue weighted by Crippen LogP contribution is -2.63. The molecular weight excluding hydrogens is 548 g/mol. The topological polar surface area (TPSA) is 167 Å². The number of methoxy groups -OCH3 is 3. The minimum Gasteiger partial charge on any atom is -0.383 e. The molecule has 1 unspecified atom stereocenters. The zero-order chi connectivity index (χ0) is 32.3. The first kappa shape index (κ1) is 37.7. The molecule has 2 atom stereocenters. The van der Waals surface area contributed by atoms with E-state index in [1.54, 1.807) is 13.8 Å². The van der Waals surface area contributed by atoms with Crippen LogP contribution in [0.15, 0.2) is 0 Å². The minimum atomic E-state index is -0.685. The SMILES string of the molecule is COCCN(CC(=O)N(CC(N)=O)[C@@H](C)COC)C(=O)CN(C(=O)CNC1CC(C)(C)N(O)C(C)(C)C1)C(C)COC. The number of ether oxygens (including phenoxy) is 3. The molecule has 1 rings (SSSR count). The number of primary amides is 1. The summed E-state index contributed by atoms with van der Waals surface area (Å²) < 4.78 is 15.6. The standard InChI is InChI=1S/C28H54N6O8/c1-20(18-41-8)32(15-23(29)35)26(38)16-31(10-11-40-7)25(37)17-33(21(2)19-42-9)24(36)14-30-22-12-27(3,4)34(39)28(5,6)13-22/h20-22,30,39H,10-19H2,1-9H3,(H2,29,35)/t20-,21?/m0/s1. The monoisotopic (exact) mass is 602 g/mol. The highest BCUT2D eigenvalue weighted by atomic mass is 16.5. The van der Waals surface area contributed by atoms with Gasteiger partial charge in [-0.2, -0.15) is 5.06 Å². The van der Waals surface area contributed by atoms with Gasteiger partial charge in [-0.15, -0.1) is 0 Å². The predicted octanol–water partition coefficient (Wildman–Crippen LogP) is -0.326. The summed E-state index contributed by atoms with van der Waals surface area (Å²) in [6.45, 7) is 11.0. The molecule has 4 N–H and O–H groups in total. The van der Waals surface area contributed by atoms with E-state index in [9.17, 15) is 24.4 Å². The zero-order valence-electron chi connectivity index (χ0n) is 27.0. The highest BCUT2D eigenvalue weighted by Crippen LogP contribution is 2.36. The van der Waals surface area contributed by atoms with Gasteiger partial charge in [-0.1, -0.05) is 0 Å². The fourth-order valence-corrected chi connectivity index (χ4v) is 5.55. The molecule has 14 heteroatoms. The lowest BCUT2D eigenvalue weighted by atomic mass is 9.79. The van der Waals surface area contributed by atoms with Crippen LogP contribution in [0, 0.1) is 0 Å². The second-order valence-corrected chi connectivity index (χ2v) is 12.3. The number of amides is 4. The largest absolute Gasteiger partial charge is 0.383 e. The molecule has 0 bridgehead atoms. The van der Waals surface area contributed by atoms with Gasteiger partial charge in [0.1, 0.15) is 6.54 Å². The van der Waals surface area contributed by atoms with Crippen LogP contribution in [0.25, 0.3) is 0 Å². The van der Waals surface area contributed by atoms with Crippen LogP contribution in [-0.4, -0.2) is 152 Å². The Hall–Kier alpha value is -2.36. The van der Waals surface area contributed by atoms with Gasteiger partial charge in [-0.25, -0.2) is 0 Å². The van der Waals surface area contributed by atoms with Gasteiger partial charge < -0.3 is 45.2 Å². The number of hydroxylamine groups is 2. The molecule has 244 valence electrons. The third kappa shape index (κ3) is 11.4. The highest BCUT2D eigenvalue weighted by molar-refractivity contribution is 5.90. The van der Waals surface area contributed by atoms with Gasteiger partial charge in [0.15, 0.2) is 0 Å². The number of hydrogen-bond acceptors (Lipinski definition) is 10. The van der Waals surface area contributed by atoms with E-state index < -0.39 is 40.9 Å². The average molecular weight is 603 g/mol. The van der Waals surface area contributed by atoms with Crippen LogP contribution in [0.1, 0.15) is 54.4 Å². The molecule has 4 amide bonds. The van der Waals surface area contributed by atoms with Crippen molar-refractivity contribution >= 4 is 23.6 Å². The maximum Gasteiger partial charge on any atom is 0.242 e. The molecular formula is C28H54N6O8. The fraction of sp³-hybridized carbons (Fsp3) is 0.857. The van der Waals surface area contributed by atoms with E-state index in [0.717, 1.165) is 0 Å². The maximum absolute atomic E-state index is 13.6. The molecule has 1 fully saturated rings. The number of nitrogens with one attached hydrogen (secondary N) is 1. The summed E-state index contributed by atoms with van der Waals surface area (Å²) in [6, 6.07) is -0.903. The summed E-state index contributed by atoms with van der Waals surface area (Å²) in [5.74, 6) is -1.91. The fourth-order valence-electron chi connectivity index (χ4n) is 5.55. The number of piperidine rings is 1. The number of nitrogens with zero attached hydrogens (tertiary/aromatic N) is 4. The predicted molar refractivity (Wildman–Crippen MR) is 157 cm³/mol. The van der Waals surface area contributed by atoms with Crippen molar-refractivity contribution in [2.75, 3.05) is 73.9 Å². The molecule has 0 spiro atoms. The molecule has 42 heavy (non-hydrogen) atoms. The van der Waals surface area contributed by atoms with Crippen LogP contribution in [-0.2, 0) is 33.4 Å². The molecule has 0 radical (unpaired) electrons. The second-order valence-electron chi connectivity index (χ2n) is 12.3. The van der Waals surface area contributed by atoms with E-state index in [1.807, 2.05) is 27.7 Å². The van der Waals surface area contributed by atoms with Crippen molar-refractivity contribution in [1.29, 1.82) is 0 Å². The number of carbonyl (C=O) groups excluding carboxylic acids is 4. The van der Waals surface area contributed by atoms with Crippen LogP contribution in [0.4, 0.5) is 0 Å². The Morgan fingerprint density at radius 1 is 0.857 bits per heavy atom. The average Bonchev–Trinajstić information content (AvgIpc) is 2.89. The van der Waals surface area contributed by atoms with Crippen molar-refractivity contribution in [2.24, 2.45) is 5.73 Å². The van der Waals surface area contributed by atoms with Crippen LogP contribution < -0.4 is 11.1 Å². The third-order valence-corrected chi connectivity index (χ3v) is 7.58. The second kappa shape index (κ2) is 17.1. The quantitative estimate of drug-likeness (QED) is 0.189. The van der Waals surface area contributed by atoms with Gasteiger partial charge >= 0.3 is 0 Å². The molecule has 14 nitrogen and oxygen atoms in total. The van der Waals surface area contributed by atoms with Crippen LogP contribution >= 0.6 is 0 Å². The van der Waals surface area contributed by atoms with Crippen molar-refractivity contribution in [3.8, 4) is 0 Å². The van der Waals surface area contributed by atoms with Crippen molar-refractivity contribution < 1.29 is 38.6 Å². The van der Waals surface area contributed by atoms with Crippen molar-refractivity contribution in [2.45, 2.75) is 83.6 Å². The molecule has 1 aliphatic rings. The van der Waals surface area contributed by atoms with Crippen molar-refractivity contribution in [1.82, 2.24) is 25.1 Å². The summed E-state index contributed by atoms with van der Waals surface area (Å²) in [5.41, 5.74) is 4.39. The van der Waals surface area contributed by atoms with E-state index in [0.29, 0.717) is 12.8 Å². The highest BCUT2D eigenvalue weighted by Gasteiger charge is 2.45. The number of rotatable bonds is 18.